The summed E-state index contributed by atoms with van der Waals surface area (Å²) in [5.74, 6) is -5.99. The Morgan fingerprint density at radius 2 is 1.90 bits per heavy atom. The number of phenols is 2. The van der Waals surface area contributed by atoms with Crippen molar-refractivity contribution in [1.82, 2.24) is 40.7 Å². The van der Waals surface area contributed by atoms with Crippen LogP contribution in [0, 0.1) is 0 Å². The van der Waals surface area contributed by atoms with Crippen LogP contribution >= 0.6 is 34.9 Å². The number of fused-ring (bicyclic) bond motifs is 3. The van der Waals surface area contributed by atoms with Crippen LogP contribution in [0.4, 0.5) is 5.13 Å². The highest BCUT2D eigenvalue weighted by Crippen LogP contribution is 2.42. The minimum absolute atomic E-state index is 0.0427. The number of rotatable bonds is 12. The van der Waals surface area contributed by atoms with Crippen molar-refractivity contribution in [3.05, 3.63) is 69.1 Å². The molecular formula is C34H33N11O10S3. The maximum atomic E-state index is 13.7. The molecular weight excluding hydrogens is 819 g/mol. The summed E-state index contributed by atoms with van der Waals surface area (Å²) in [5, 5.41) is 41.7. The van der Waals surface area contributed by atoms with Crippen LogP contribution in [0.1, 0.15) is 57.9 Å². The first kappa shape index (κ1) is 39.8. The number of thiazole rings is 1. The molecule has 2 atom stereocenters. The zero-order valence-electron chi connectivity index (χ0n) is 30.3. The first-order chi connectivity index (χ1) is 27.5. The number of β-lactam (4-membered cyclic amide) rings is 1. The molecule has 2 aliphatic heterocycles. The van der Waals surface area contributed by atoms with Crippen LogP contribution in [0.3, 0.4) is 0 Å². The van der Waals surface area contributed by atoms with Crippen LogP contribution in [0.25, 0.3) is 5.65 Å². The first-order valence-electron chi connectivity index (χ1n) is 17.2. The lowest BCUT2D eigenvalue weighted by Crippen LogP contribution is -2.71. The minimum atomic E-state index is -1.82. The number of primary amides is 1. The summed E-state index contributed by atoms with van der Waals surface area (Å²) in [7, 11) is 0. The fourth-order valence-corrected chi connectivity index (χ4v) is 9.44. The van der Waals surface area contributed by atoms with Crippen molar-refractivity contribution in [2.75, 3.05) is 17.2 Å². The molecule has 7 rings (SSSR count). The zero-order chi connectivity index (χ0) is 41.6. The molecule has 3 aliphatic rings. The number of hydrazine groups is 1. The number of carboxylic acid groups (broad SMARTS) is 1. The highest BCUT2D eigenvalue weighted by Gasteiger charge is 2.54. The van der Waals surface area contributed by atoms with Gasteiger partial charge in [-0.2, -0.15) is 5.10 Å². The lowest BCUT2D eigenvalue weighted by Gasteiger charge is -2.49. The molecule has 0 radical (unpaired) electrons. The quantitative estimate of drug-likeness (QED) is 0.0237. The number of thioether (sulfide) groups is 2. The van der Waals surface area contributed by atoms with E-state index in [2.05, 4.69) is 36.4 Å². The Morgan fingerprint density at radius 3 is 2.59 bits per heavy atom. The molecule has 58 heavy (non-hydrogen) atoms. The summed E-state index contributed by atoms with van der Waals surface area (Å²) >= 11 is 3.55. The number of aryl methyl sites for hydroxylation is 1. The number of carbonyl (C=O) groups excluding carboxylic acids is 5. The number of nitrogens with one attached hydrogen (secondary N) is 3. The normalized spacial score (nSPS) is 17.7. The largest absolute Gasteiger partial charge is 0.504 e. The smallest absolute Gasteiger partial charge is 0.352 e. The second kappa shape index (κ2) is 15.5. The number of amides is 5. The van der Waals surface area contributed by atoms with Gasteiger partial charge in [0.25, 0.3) is 29.5 Å². The standard InChI is InChI=1S/C34H33N11O10S3/c1-34(2,32(54)42-41-26(49)13-6-7-19(46)20(47)8-13)55-43-21(18-12-58-33(36)39-18)27(50)40-22-28(51)44-23(31(52)53)14(11-57-30(22)44)10-56-29-15-4-3-5-17(15)38-25-16(24(35)48)9-37-45(25)29/h6-9,12,22,30,46-47H,3-5,10-11H2,1-2H3,(H2,35,48)(H2,36,39)(H,40,50)(H,41,49)(H,42,54)(H,52,53)/b43-21-/t22-,30-/m1/s1. The molecule has 0 saturated carbocycles. The van der Waals surface area contributed by atoms with Gasteiger partial charge in [0, 0.05) is 33.7 Å². The van der Waals surface area contributed by atoms with Crippen LogP contribution in [0.2, 0.25) is 0 Å². The van der Waals surface area contributed by atoms with Crippen molar-refractivity contribution in [3.8, 4) is 11.5 Å². The van der Waals surface area contributed by atoms with E-state index in [0.29, 0.717) is 22.7 Å². The number of hydrogen-bond acceptors (Lipinski definition) is 17. The summed E-state index contributed by atoms with van der Waals surface area (Å²) in [6.45, 7) is 2.57. The molecule has 5 heterocycles. The number of aromatic hydroxyl groups is 2. The Hall–Kier alpha value is -6.40. The van der Waals surface area contributed by atoms with Gasteiger partial charge in [-0.05, 0) is 56.9 Å². The van der Waals surface area contributed by atoms with Gasteiger partial charge in [0.2, 0.25) is 5.60 Å². The van der Waals surface area contributed by atoms with Crippen LogP contribution in [0.15, 0.2) is 51.2 Å². The van der Waals surface area contributed by atoms with E-state index < -0.39 is 69.7 Å². The highest BCUT2D eigenvalue weighted by molar-refractivity contribution is 8.01. The van der Waals surface area contributed by atoms with Crippen LogP contribution in [-0.2, 0) is 36.9 Å². The van der Waals surface area contributed by atoms with Gasteiger partial charge in [0.05, 0.1) is 6.20 Å². The van der Waals surface area contributed by atoms with Gasteiger partial charge in [-0.15, -0.1) is 34.9 Å². The highest BCUT2D eigenvalue weighted by atomic mass is 32.2. The number of nitrogens with two attached hydrogens (primary N) is 2. The van der Waals surface area contributed by atoms with Crippen molar-refractivity contribution in [2.24, 2.45) is 10.9 Å². The number of hydrogen-bond donors (Lipinski definition) is 8. The number of benzene rings is 1. The van der Waals surface area contributed by atoms with E-state index >= 15 is 0 Å². The van der Waals surface area contributed by atoms with Gasteiger partial charge in [-0.25, -0.2) is 19.3 Å². The molecule has 3 aromatic heterocycles. The zero-order valence-corrected chi connectivity index (χ0v) is 32.8. The van der Waals surface area contributed by atoms with E-state index in [1.807, 2.05) is 0 Å². The number of nitrogen functional groups attached to an aromatic ring is 1. The number of anilines is 1. The third kappa shape index (κ3) is 7.43. The average molecular weight is 852 g/mol. The van der Waals surface area contributed by atoms with E-state index in [1.165, 1.54) is 59.5 Å². The Morgan fingerprint density at radius 1 is 1.12 bits per heavy atom. The Kier molecular flexibility index (Phi) is 10.6. The summed E-state index contributed by atoms with van der Waals surface area (Å²) < 4.78 is 1.53. The monoisotopic (exact) mass is 851 g/mol. The van der Waals surface area contributed by atoms with Crippen molar-refractivity contribution in [1.29, 1.82) is 0 Å². The third-order valence-corrected chi connectivity index (χ3v) is 12.4. The van der Waals surface area contributed by atoms with Crippen LogP contribution in [-0.4, -0.2) is 110 Å². The fraction of sp³-hybridized carbons (Fsp3) is 0.294. The second-order valence-electron chi connectivity index (χ2n) is 13.5. The molecule has 10 N–H and O–H groups in total. The number of oxime groups is 1. The first-order valence-corrected chi connectivity index (χ1v) is 20.1. The van der Waals surface area contributed by atoms with Crippen molar-refractivity contribution in [3.63, 3.8) is 0 Å². The average Bonchev–Trinajstić information content (AvgIpc) is 3.95. The number of aliphatic carboxylic acids is 1. The molecule has 1 aromatic carbocycles. The Balaban J connectivity index is 1.05. The van der Waals surface area contributed by atoms with Gasteiger partial charge in [0.15, 0.2) is 28.0 Å². The predicted octanol–water partition coefficient (Wildman–Crippen LogP) is 0.258. The summed E-state index contributed by atoms with van der Waals surface area (Å²) in [4.78, 5) is 92.8. The lowest BCUT2D eigenvalue weighted by molar-refractivity contribution is -0.150. The fourth-order valence-electron chi connectivity index (χ4n) is 6.22. The van der Waals surface area contributed by atoms with Gasteiger partial charge in [-0.1, -0.05) is 5.16 Å². The lowest BCUT2D eigenvalue weighted by atomic mass is 10.0. The molecule has 21 nitrogen and oxygen atoms in total. The maximum absolute atomic E-state index is 13.7. The van der Waals surface area contributed by atoms with Crippen LogP contribution < -0.4 is 27.6 Å². The van der Waals surface area contributed by atoms with E-state index in [-0.39, 0.29) is 39.2 Å². The van der Waals surface area contributed by atoms with Gasteiger partial charge >= 0.3 is 5.97 Å². The molecule has 1 saturated heterocycles. The van der Waals surface area contributed by atoms with Crippen molar-refractivity contribution < 1.29 is 48.9 Å². The molecule has 1 aliphatic carbocycles. The third-order valence-electron chi connectivity index (χ3n) is 9.23. The molecule has 302 valence electrons. The maximum Gasteiger partial charge on any atom is 0.352 e. The van der Waals surface area contributed by atoms with E-state index in [9.17, 15) is 44.1 Å². The molecule has 0 bridgehead atoms. The van der Waals surface area contributed by atoms with E-state index in [4.69, 9.17) is 16.3 Å². The van der Waals surface area contributed by atoms with Crippen molar-refractivity contribution >= 4 is 86.9 Å². The van der Waals surface area contributed by atoms with Gasteiger partial charge < -0.3 is 36.9 Å². The van der Waals surface area contributed by atoms with Gasteiger partial charge in [0.1, 0.15) is 33.4 Å². The number of nitrogens with zero attached hydrogens (tertiary/aromatic N) is 6. The summed E-state index contributed by atoms with van der Waals surface area (Å²) in [6.07, 6.45) is 3.63. The number of carbonyl (C=O) groups is 6. The van der Waals surface area contributed by atoms with Crippen LogP contribution in [0.5, 0.6) is 11.5 Å². The molecule has 5 amide bonds. The SMILES string of the molecule is CC(C)(O/N=C(\C(=O)N[C@@H]1C(=O)N2C(C(=O)O)=C(CSc3c4c(nc5c(C(N)=O)cnn35)CCC4)CS[C@H]12)c1csc(N)n1)C(=O)NNC(=O)c1ccc(O)c(O)c1. The van der Waals surface area contributed by atoms with Gasteiger partial charge in [-0.3, -0.25) is 39.7 Å². The number of aromatic nitrogens is 4. The van der Waals surface area contributed by atoms with Crippen molar-refractivity contribution in [2.45, 2.75) is 55.2 Å². The summed E-state index contributed by atoms with van der Waals surface area (Å²) in [6, 6.07) is 2.11. The predicted molar refractivity (Wildman–Crippen MR) is 208 cm³/mol. The molecule has 4 aromatic rings. The van der Waals surface area contributed by atoms with E-state index in [1.54, 1.807) is 0 Å². The number of phenolic OH excluding ortho intramolecular Hbond substituents is 2. The Labute approximate surface area is 339 Å². The number of carboxylic acids is 1. The minimum Gasteiger partial charge on any atom is -0.504 e. The molecule has 0 unspecified atom stereocenters. The molecule has 0 spiro atoms. The topological polar surface area (TPSA) is 319 Å². The van der Waals surface area contributed by atoms with E-state index in [0.717, 1.165) is 52.5 Å². The Bertz CT molecular complexity index is 2500. The summed E-state index contributed by atoms with van der Waals surface area (Å²) in [5.41, 5.74) is 15.8. The second-order valence-corrected chi connectivity index (χ2v) is 16.4. The molecule has 24 heteroatoms. The molecule has 1 fully saturated rings.